The zero-order chi connectivity index (χ0) is 28.0. The summed E-state index contributed by atoms with van der Waals surface area (Å²) in [7, 11) is 1.97. The molecule has 2 atom stereocenters. The normalized spacial score (nSPS) is 23.2. The molecule has 40 heavy (non-hydrogen) atoms. The van der Waals surface area contributed by atoms with Gasteiger partial charge in [-0.05, 0) is 56.2 Å². The molecule has 3 aliphatic rings. The van der Waals surface area contributed by atoms with E-state index in [0.29, 0.717) is 5.56 Å². The van der Waals surface area contributed by atoms with E-state index in [4.69, 9.17) is 20.4 Å². The van der Waals surface area contributed by atoms with Gasteiger partial charge in [0.1, 0.15) is 11.9 Å². The maximum absolute atomic E-state index is 9.62. The van der Waals surface area contributed by atoms with Gasteiger partial charge in [0.25, 0.3) is 0 Å². The van der Waals surface area contributed by atoms with Crippen LogP contribution in [-0.2, 0) is 4.74 Å². The Morgan fingerprint density at radius 1 is 1.07 bits per heavy atom. The lowest BCUT2D eigenvalue weighted by molar-refractivity contribution is -0.0327. The standard InChI is InChI=1S/C30H39BN8O/c1-20-12-28(39-18-30(3,33)19-39)34-14-26(20)37-10-8-36(9-11-37)16-23-17-38(15-21(2)40-23)25-6-4-22(13-32)29-24(25)5-7-27(31)35-29/h4-7,12,14,21,23H,8-11,15-19,31,33H2,1-3H3/t21-,23+/m1/s1. The average molecular weight is 539 g/mol. The number of benzene rings is 1. The van der Waals surface area contributed by atoms with Gasteiger partial charge in [-0.2, -0.15) is 5.26 Å². The largest absolute Gasteiger partial charge is 0.370 e. The summed E-state index contributed by atoms with van der Waals surface area (Å²) in [5.41, 5.74) is 12.0. The van der Waals surface area contributed by atoms with Crippen LogP contribution in [0.25, 0.3) is 10.9 Å². The number of nitrogens with two attached hydrogens (primary N) is 1. The molecule has 6 rings (SSSR count). The van der Waals surface area contributed by atoms with E-state index in [1.807, 2.05) is 26.2 Å². The Morgan fingerprint density at radius 2 is 1.85 bits per heavy atom. The highest BCUT2D eigenvalue weighted by atomic mass is 16.5. The molecule has 0 radical (unpaired) electrons. The highest BCUT2D eigenvalue weighted by Crippen LogP contribution is 2.31. The lowest BCUT2D eigenvalue weighted by Crippen LogP contribution is -2.65. The molecule has 2 aromatic heterocycles. The number of anilines is 3. The molecule has 5 heterocycles. The molecule has 3 aromatic rings. The summed E-state index contributed by atoms with van der Waals surface area (Å²) in [6.07, 6.45) is 2.28. The first-order valence-corrected chi connectivity index (χ1v) is 14.4. The maximum Gasteiger partial charge on any atom is 0.163 e. The number of piperazine rings is 1. The van der Waals surface area contributed by atoms with Crippen molar-refractivity contribution in [1.29, 1.82) is 5.26 Å². The molecule has 0 saturated carbocycles. The topological polar surface area (TPSA) is 97.8 Å². The number of morpholine rings is 1. The first-order valence-electron chi connectivity index (χ1n) is 14.4. The van der Waals surface area contributed by atoms with Crippen LogP contribution in [0.4, 0.5) is 17.2 Å². The van der Waals surface area contributed by atoms with Crippen LogP contribution in [0.5, 0.6) is 0 Å². The molecule has 0 bridgehead atoms. The molecule has 0 spiro atoms. The summed E-state index contributed by atoms with van der Waals surface area (Å²) in [5, 5.41) is 10.7. The second-order valence-electron chi connectivity index (χ2n) is 12.2. The van der Waals surface area contributed by atoms with Gasteiger partial charge >= 0.3 is 0 Å². The van der Waals surface area contributed by atoms with E-state index in [-0.39, 0.29) is 17.7 Å². The molecule has 0 amide bonds. The SMILES string of the molecule is Bc1ccc2c(N3C[C@H](CN4CCN(c5cnc(N6CC(C)(N)C6)cc5C)CC4)O[C@H](C)C3)ccc(C#N)c2n1. The third kappa shape index (κ3) is 5.34. The van der Waals surface area contributed by atoms with E-state index >= 15 is 0 Å². The highest BCUT2D eigenvalue weighted by Gasteiger charge is 2.36. The summed E-state index contributed by atoms with van der Waals surface area (Å²) >= 11 is 0. The molecule has 208 valence electrons. The number of hydrogen-bond acceptors (Lipinski definition) is 9. The van der Waals surface area contributed by atoms with Crippen molar-refractivity contribution in [1.82, 2.24) is 14.9 Å². The van der Waals surface area contributed by atoms with E-state index in [1.165, 1.54) is 11.3 Å². The minimum Gasteiger partial charge on any atom is -0.370 e. The van der Waals surface area contributed by atoms with Gasteiger partial charge in [0.15, 0.2) is 7.85 Å². The van der Waals surface area contributed by atoms with Gasteiger partial charge in [0, 0.05) is 75.5 Å². The zero-order valence-electron chi connectivity index (χ0n) is 24.1. The molecule has 0 aliphatic carbocycles. The number of nitrogens with zero attached hydrogens (tertiary/aromatic N) is 7. The van der Waals surface area contributed by atoms with Crippen LogP contribution in [-0.4, -0.2) is 99.4 Å². The number of hydrogen-bond donors (Lipinski definition) is 1. The van der Waals surface area contributed by atoms with Crippen molar-refractivity contribution in [2.75, 3.05) is 73.6 Å². The van der Waals surface area contributed by atoms with Crippen molar-refractivity contribution >= 4 is 41.5 Å². The fourth-order valence-corrected chi connectivity index (χ4v) is 6.49. The van der Waals surface area contributed by atoms with Crippen LogP contribution in [0.2, 0.25) is 0 Å². The van der Waals surface area contributed by atoms with Gasteiger partial charge in [0.2, 0.25) is 0 Å². The van der Waals surface area contributed by atoms with Crippen LogP contribution >= 0.6 is 0 Å². The number of pyridine rings is 2. The van der Waals surface area contributed by atoms with Gasteiger partial charge < -0.3 is 25.2 Å². The van der Waals surface area contributed by atoms with Crippen molar-refractivity contribution in [2.24, 2.45) is 5.73 Å². The fraction of sp³-hybridized carbons (Fsp3) is 0.500. The Morgan fingerprint density at radius 3 is 2.55 bits per heavy atom. The van der Waals surface area contributed by atoms with Crippen molar-refractivity contribution in [3.05, 3.63) is 47.7 Å². The number of nitriles is 1. The summed E-state index contributed by atoms with van der Waals surface area (Å²) in [5.74, 6) is 1.02. The first kappa shape index (κ1) is 26.8. The van der Waals surface area contributed by atoms with Crippen molar-refractivity contribution in [2.45, 2.75) is 38.5 Å². The second-order valence-corrected chi connectivity index (χ2v) is 12.2. The number of aromatic nitrogens is 2. The number of aryl methyl sites for hydroxylation is 1. The summed E-state index contributed by atoms with van der Waals surface area (Å²) in [6.45, 7) is 14.6. The Kier molecular flexibility index (Phi) is 7.07. The predicted molar refractivity (Wildman–Crippen MR) is 164 cm³/mol. The zero-order valence-corrected chi connectivity index (χ0v) is 24.1. The molecule has 3 saturated heterocycles. The number of rotatable bonds is 5. The summed E-state index contributed by atoms with van der Waals surface area (Å²) in [6, 6.07) is 12.6. The molecule has 0 unspecified atom stereocenters. The van der Waals surface area contributed by atoms with E-state index < -0.39 is 0 Å². The van der Waals surface area contributed by atoms with E-state index in [0.717, 1.165) is 86.9 Å². The van der Waals surface area contributed by atoms with Gasteiger partial charge in [-0.25, -0.2) is 4.98 Å². The Bertz CT molecular complexity index is 1440. The fourth-order valence-electron chi connectivity index (χ4n) is 6.49. The van der Waals surface area contributed by atoms with Crippen LogP contribution in [0, 0.1) is 18.3 Å². The minimum absolute atomic E-state index is 0.104. The van der Waals surface area contributed by atoms with Gasteiger partial charge in [-0.15, -0.1) is 0 Å². The van der Waals surface area contributed by atoms with Crippen molar-refractivity contribution in [3.63, 3.8) is 0 Å². The predicted octanol–water partition coefficient (Wildman–Crippen LogP) is 1.02. The molecule has 9 nitrogen and oxygen atoms in total. The lowest BCUT2D eigenvalue weighted by Gasteiger charge is -2.46. The average Bonchev–Trinajstić information content (AvgIpc) is 2.91. The number of ether oxygens (including phenoxy) is 1. The lowest BCUT2D eigenvalue weighted by atomic mass is 9.94. The Hall–Kier alpha value is -3.39. The third-order valence-electron chi connectivity index (χ3n) is 8.43. The van der Waals surface area contributed by atoms with E-state index in [1.54, 1.807) is 0 Å². The van der Waals surface area contributed by atoms with Crippen LogP contribution in [0.1, 0.15) is 25.0 Å². The van der Waals surface area contributed by atoms with Crippen LogP contribution < -0.4 is 26.0 Å². The van der Waals surface area contributed by atoms with Gasteiger partial charge in [-0.3, -0.25) is 9.88 Å². The second kappa shape index (κ2) is 10.5. The van der Waals surface area contributed by atoms with Crippen molar-refractivity contribution < 1.29 is 4.74 Å². The van der Waals surface area contributed by atoms with Crippen LogP contribution in [0.3, 0.4) is 0 Å². The van der Waals surface area contributed by atoms with Gasteiger partial charge in [-0.1, -0.05) is 6.07 Å². The van der Waals surface area contributed by atoms with Crippen molar-refractivity contribution in [3.8, 4) is 6.07 Å². The number of fused-ring (bicyclic) bond motifs is 1. The molecular weight excluding hydrogens is 499 g/mol. The van der Waals surface area contributed by atoms with Gasteiger partial charge in [0.05, 0.1) is 35.2 Å². The van der Waals surface area contributed by atoms with Crippen LogP contribution in [0.15, 0.2) is 36.5 Å². The maximum atomic E-state index is 9.62. The summed E-state index contributed by atoms with van der Waals surface area (Å²) < 4.78 is 6.43. The Labute approximate surface area is 237 Å². The van der Waals surface area contributed by atoms with E-state index in [2.05, 4.69) is 64.6 Å². The van der Waals surface area contributed by atoms with E-state index in [9.17, 15) is 5.26 Å². The third-order valence-corrected chi connectivity index (χ3v) is 8.43. The Balaban J connectivity index is 1.09. The molecule has 3 fully saturated rings. The molecule has 2 N–H and O–H groups in total. The summed E-state index contributed by atoms with van der Waals surface area (Å²) in [4.78, 5) is 19.1. The minimum atomic E-state index is -0.104. The molecule has 1 aromatic carbocycles. The monoisotopic (exact) mass is 538 g/mol. The molecule has 3 aliphatic heterocycles. The highest BCUT2D eigenvalue weighted by molar-refractivity contribution is 6.31. The first-order chi connectivity index (χ1) is 19.2. The molecular formula is C30H39BN8O. The molecule has 10 heteroatoms. The quantitative estimate of drug-likeness (QED) is 0.478. The smallest absolute Gasteiger partial charge is 0.163 e.